The van der Waals surface area contributed by atoms with Gasteiger partial charge in [0.05, 0.1) is 18.0 Å². The molecule has 8 heteroatoms. The number of hydrogen-bond donors (Lipinski definition) is 3. The number of nitrogens with one attached hydrogen (secondary N) is 1. The average Bonchev–Trinajstić information content (AvgIpc) is 3.41. The number of carbonyl (C=O) groups excluding carboxylic acids is 2. The van der Waals surface area contributed by atoms with E-state index in [2.05, 4.69) is 10.3 Å². The Morgan fingerprint density at radius 3 is 2.69 bits per heavy atom. The zero-order chi connectivity index (χ0) is 23.3. The summed E-state index contributed by atoms with van der Waals surface area (Å²) in [6.07, 6.45) is 1.88. The third-order valence-electron chi connectivity index (χ3n) is 7.64. The molecule has 1 fully saturated rings. The van der Waals surface area contributed by atoms with Crippen molar-refractivity contribution in [3.63, 3.8) is 0 Å². The number of aliphatic hydroxyl groups is 1. The first-order valence-corrected chi connectivity index (χ1v) is 11.5. The molecule has 1 aromatic rings. The monoisotopic (exact) mass is 442 g/mol. The zero-order valence-electron chi connectivity index (χ0n) is 19.3. The van der Waals surface area contributed by atoms with Crippen LogP contribution in [0, 0.1) is 17.8 Å². The molecule has 1 aromatic carbocycles. The number of nitrogens with zero attached hydrogens (tertiary/aromatic N) is 2. The highest BCUT2D eigenvalue weighted by molar-refractivity contribution is 5.99. The van der Waals surface area contributed by atoms with Crippen molar-refractivity contribution in [2.75, 3.05) is 13.2 Å². The molecule has 3 unspecified atom stereocenters. The van der Waals surface area contributed by atoms with Crippen molar-refractivity contribution in [3.05, 3.63) is 29.8 Å². The Morgan fingerprint density at radius 2 is 2.03 bits per heavy atom. The van der Waals surface area contributed by atoms with E-state index in [1.54, 1.807) is 6.92 Å². The molecule has 4 N–H and O–H groups in total. The molecule has 0 aromatic heterocycles. The quantitative estimate of drug-likeness (QED) is 0.623. The molecule has 0 saturated heterocycles. The van der Waals surface area contributed by atoms with Gasteiger partial charge in [-0.15, -0.1) is 0 Å². The van der Waals surface area contributed by atoms with E-state index in [-0.39, 0.29) is 42.1 Å². The summed E-state index contributed by atoms with van der Waals surface area (Å²) in [4.78, 5) is 32.2. The van der Waals surface area contributed by atoms with Crippen molar-refractivity contribution in [1.82, 2.24) is 10.2 Å². The fraction of sp³-hybridized carbons (Fsp3) is 0.625. The highest BCUT2D eigenvalue weighted by atomic mass is 16.5. The minimum Gasteiger partial charge on any atom is -0.490 e. The summed E-state index contributed by atoms with van der Waals surface area (Å²) >= 11 is 0. The van der Waals surface area contributed by atoms with Crippen LogP contribution in [0.2, 0.25) is 0 Å². The molecule has 0 spiro atoms. The molecular formula is C24H34N4O4. The number of para-hydroxylation sites is 1. The molecule has 32 heavy (non-hydrogen) atoms. The topological polar surface area (TPSA) is 117 Å². The Kier molecular flexibility index (Phi) is 5.69. The SMILES string of the molecule is CCC1(CC)CC(=O)N(CC2C(C)[C@H]2C(=O)N[C@@H]2c3ccccc3OCC2(C)O)C(N)=N1. The Bertz CT molecular complexity index is 940. The Labute approximate surface area is 189 Å². The molecule has 8 nitrogen and oxygen atoms in total. The second-order valence-electron chi connectivity index (χ2n) is 9.76. The lowest BCUT2D eigenvalue weighted by Crippen LogP contribution is -2.52. The third-order valence-corrected chi connectivity index (χ3v) is 7.64. The smallest absolute Gasteiger partial charge is 0.231 e. The van der Waals surface area contributed by atoms with Crippen LogP contribution in [0.25, 0.3) is 0 Å². The van der Waals surface area contributed by atoms with Crippen molar-refractivity contribution < 1.29 is 19.4 Å². The molecule has 0 bridgehead atoms. The number of aliphatic imine (C=N–C) groups is 1. The van der Waals surface area contributed by atoms with Gasteiger partial charge in [-0.2, -0.15) is 0 Å². The molecule has 5 atom stereocenters. The van der Waals surface area contributed by atoms with Crippen molar-refractivity contribution in [2.45, 2.75) is 64.1 Å². The van der Waals surface area contributed by atoms with Gasteiger partial charge in [0.25, 0.3) is 0 Å². The Balaban J connectivity index is 1.45. The van der Waals surface area contributed by atoms with Crippen LogP contribution in [0.1, 0.15) is 58.6 Å². The van der Waals surface area contributed by atoms with Gasteiger partial charge >= 0.3 is 0 Å². The fourth-order valence-electron chi connectivity index (χ4n) is 5.13. The van der Waals surface area contributed by atoms with Crippen molar-refractivity contribution in [2.24, 2.45) is 28.5 Å². The van der Waals surface area contributed by atoms with E-state index in [1.807, 2.05) is 45.0 Å². The van der Waals surface area contributed by atoms with Crippen molar-refractivity contribution in [1.29, 1.82) is 0 Å². The number of hydrogen-bond acceptors (Lipinski definition) is 6. The number of fused-ring (bicyclic) bond motifs is 1. The lowest BCUT2D eigenvalue weighted by atomic mass is 9.87. The van der Waals surface area contributed by atoms with Crippen LogP contribution >= 0.6 is 0 Å². The highest BCUT2D eigenvalue weighted by Gasteiger charge is 2.54. The van der Waals surface area contributed by atoms with E-state index in [0.29, 0.717) is 18.7 Å². The van der Waals surface area contributed by atoms with Gasteiger partial charge in [-0.25, -0.2) is 4.99 Å². The molecule has 0 radical (unpaired) electrons. The summed E-state index contributed by atoms with van der Waals surface area (Å²) in [6, 6.07) is 6.86. The maximum Gasteiger partial charge on any atom is 0.231 e. The lowest BCUT2D eigenvalue weighted by molar-refractivity contribution is -0.131. The molecular weight excluding hydrogens is 408 g/mol. The van der Waals surface area contributed by atoms with Gasteiger partial charge in [-0.1, -0.05) is 39.0 Å². The highest BCUT2D eigenvalue weighted by Crippen LogP contribution is 2.48. The van der Waals surface area contributed by atoms with Crippen LogP contribution < -0.4 is 15.8 Å². The molecule has 2 aliphatic heterocycles. The van der Waals surface area contributed by atoms with Gasteiger partial charge in [-0.3, -0.25) is 14.5 Å². The summed E-state index contributed by atoms with van der Waals surface area (Å²) in [7, 11) is 0. The lowest BCUT2D eigenvalue weighted by Gasteiger charge is -2.38. The van der Waals surface area contributed by atoms with E-state index in [0.717, 1.165) is 18.4 Å². The largest absolute Gasteiger partial charge is 0.490 e. The van der Waals surface area contributed by atoms with Gasteiger partial charge in [0.15, 0.2) is 5.96 Å². The predicted octanol–water partition coefficient (Wildman–Crippen LogP) is 1.98. The minimum absolute atomic E-state index is 0.00323. The molecule has 3 aliphatic rings. The number of amides is 2. The molecule has 1 aliphatic carbocycles. The van der Waals surface area contributed by atoms with Crippen LogP contribution in [0.15, 0.2) is 29.3 Å². The van der Waals surface area contributed by atoms with E-state index < -0.39 is 17.2 Å². The summed E-state index contributed by atoms with van der Waals surface area (Å²) in [5, 5.41) is 13.9. The van der Waals surface area contributed by atoms with Crippen LogP contribution in [-0.4, -0.2) is 52.1 Å². The van der Waals surface area contributed by atoms with Crippen LogP contribution in [0.3, 0.4) is 0 Å². The molecule has 1 saturated carbocycles. The van der Waals surface area contributed by atoms with Crippen LogP contribution in [-0.2, 0) is 9.59 Å². The van der Waals surface area contributed by atoms with Gasteiger partial charge in [-0.05, 0) is 37.7 Å². The summed E-state index contributed by atoms with van der Waals surface area (Å²) < 4.78 is 5.66. The average molecular weight is 443 g/mol. The van der Waals surface area contributed by atoms with Gasteiger partial charge in [0.2, 0.25) is 11.8 Å². The second kappa shape index (κ2) is 8.06. The van der Waals surface area contributed by atoms with Gasteiger partial charge in [0.1, 0.15) is 18.0 Å². The fourth-order valence-corrected chi connectivity index (χ4v) is 5.13. The predicted molar refractivity (Wildman–Crippen MR) is 121 cm³/mol. The van der Waals surface area contributed by atoms with E-state index in [9.17, 15) is 14.7 Å². The molecule has 2 amide bonds. The third kappa shape index (κ3) is 3.85. The molecule has 2 heterocycles. The molecule has 4 rings (SSSR count). The maximum atomic E-state index is 13.2. The summed E-state index contributed by atoms with van der Waals surface area (Å²) in [5.74, 6) is 0.641. The Morgan fingerprint density at radius 1 is 1.34 bits per heavy atom. The Hall–Kier alpha value is -2.61. The number of guanidine groups is 1. The van der Waals surface area contributed by atoms with Crippen molar-refractivity contribution >= 4 is 17.8 Å². The van der Waals surface area contributed by atoms with E-state index in [4.69, 9.17) is 10.5 Å². The van der Waals surface area contributed by atoms with E-state index >= 15 is 0 Å². The standard InChI is InChI=1S/C24H34N4O4/c1-5-24(6-2)11-18(29)28(22(25)27-24)12-16-14(3)19(16)21(30)26-20-15-9-7-8-10-17(15)32-13-23(20,4)31/h7-10,14,16,19-20,31H,5-6,11-13H2,1-4H3,(H2,25,27)(H,26,30)/t14?,16?,19-,20-,23?/m1/s1. The number of benzene rings is 1. The number of nitrogens with two attached hydrogens (primary N) is 1. The number of rotatable bonds is 6. The first-order chi connectivity index (χ1) is 15.1. The van der Waals surface area contributed by atoms with Crippen LogP contribution in [0.5, 0.6) is 5.75 Å². The number of carbonyl (C=O) groups is 2. The van der Waals surface area contributed by atoms with Gasteiger partial charge in [0, 0.05) is 18.0 Å². The second-order valence-corrected chi connectivity index (χ2v) is 9.76. The first kappa shape index (κ1) is 22.6. The normalized spacial score (nSPS) is 33.1. The number of ether oxygens (including phenoxy) is 1. The van der Waals surface area contributed by atoms with Gasteiger partial charge < -0.3 is 20.9 Å². The first-order valence-electron chi connectivity index (χ1n) is 11.5. The van der Waals surface area contributed by atoms with Crippen LogP contribution in [0.4, 0.5) is 0 Å². The maximum absolute atomic E-state index is 13.2. The molecule has 174 valence electrons. The van der Waals surface area contributed by atoms with E-state index in [1.165, 1.54) is 4.90 Å². The van der Waals surface area contributed by atoms with Crippen molar-refractivity contribution in [3.8, 4) is 5.75 Å². The zero-order valence-corrected chi connectivity index (χ0v) is 19.3. The summed E-state index contributed by atoms with van der Waals surface area (Å²) in [6.45, 7) is 8.21. The summed E-state index contributed by atoms with van der Waals surface area (Å²) in [5.41, 5.74) is 5.32. The minimum atomic E-state index is -1.22.